The summed E-state index contributed by atoms with van der Waals surface area (Å²) in [5.41, 5.74) is 5.51. The van der Waals surface area contributed by atoms with Crippen molar-refractivity contribution < 1.29 is 22.7 Å². The van der Waals surface area contributed by atoms with Gasteiger partial charge >= 0.3 is 11.9 Å². The van der Waals surface area contributed by atoms with Gasteiger partial charge in [0.05, 0.1) is 28.0 Å². The van der Waals surface area contributed by atoms with Gasteiger partial charge in [0.25, 0.3) is 0 Å². The number of thiophene rings is 1. The summed E-state index contributed by atoms with van der Waals surface area (Å²) >= 11 is 2.32. The number of halogens is 3. The van der Waals surface area contributed by atoms with Crippen molar-refractivity contribution in [1.29, 1.82) is 0 Å². The Morgan fingerprint density at radius 3 is 2.57 bits per heavy atom. The smallest absolute Gasteiger partial charge is 0.417 e. The van der Waals surface area contributed by atoms with E-state index >= 15 is 13.2 Å². The summed E-state index contributed by atoms with van der Waals surface area (Å²) in [5.74, 6) is 0.744. The molecule has 1 aromatic carbocycles. The minimum atomic E-state index is -4.77. The largest absolute Gasteiger partial charge is 0.488 e. The van der Waals surface area contributed by atoms with Crippen molar-refractivity contribution in [3.63, 3.8) is 0 Å². The molecule has 1 unspecified atom stereocenters. The van der Waals surface area contributed by atoms with Crippen molar-refractivity contribution in [3.8, 4) is 16.2 Å². The quantitative estimate of drug-likeness (QED) is 0.241. The monoisotopic (exact) mass is 682 g/mol. The Hall–Kier alpha value is -4.57. The number of nitrogen functional groups attached to an aromatic ring is 1. The van der Waals surface area contributed by atoms with E-state index in [2.05, 4.69) is 26.5 Å². The summed E-state index contributed by atoms with van der Waals surface area (Å²) in [4.78, 5) is 46.2. The van der Waals surface area contributed by atoms with E-state index in [4.69, 9.17) is 10.5 Å². The molecule has 1 saturated heterocycles. The van der Waals surface area contributed by atoms with Crippen LogP contribution in [0.4, 0.5) is 24.9 Å². The number of imidazole rings is 1. The number of hydrogen-bond acceptors (Lipinski definition) is 10. The van der Waals surface area contributed by atoms with Crippen LogP contribution in [0.5, 0.6) is 5.75 Å². The number of alkyl halides is 3. The Morgan fingerprint density at radius 2 is 1.89 bits per heavy atom. The molecule has 3 atom stereocenters. The summed E-state index contributed by atoms with van der Waals surface area (Å²) in [6.45, 7) is 7.86. The zero-order valence-corrected chi connectivity index (χ0v) is 26.9. The van der Waals surface area contributed by atoms with E-state index in [-0.39, 0.29) is 75.9 Å². The second-order valence-corrected chi connectivity index (χ2v) is 13.5. The normalized spacial score (nSPS) is 20.1. The molecule has 0 spiro atoms. The van der Waals surface area contributed by atoms with Gasteiger partial charge in [-0.3, -0.25) is 14.3 Å². The van der Waals surface area contributed by atoms with Gasteiger partial charge in [0, 0.05) is 64.5 Å². The SMILES string of the molecule is C=CC(=O)N1[C@H](C)CN(c2nc(=O)n3c4c(c(-c5scc6[nH]c(N)nc56)c(C(F)(F)F)cc24)SCC(Oc2ccncc2)C3)C[C@@H]1C. The summed E-state index contributed by atoms with van der Waals surface area (Å²) in [6.07, 6.45) is -0.962. The van der Waals surface area contributed by atoms with Crippen LogP contribution in [0, 0.1) is 0 Å². The van der Waals surface area contributed by atoms with E-state index in [9.17, 15) is 9.59 Å². The Bertz CT molecular complexity index is 2080. The summed E-state index contributed by atoms with van der Waals surface area (Å²) < 4.78 is 53.2. The van der Waals surface area contributed by atoms with Crippen LogP contribution in [0.2, 0.25) is 0 Å². The fourth-order valence-corrected chi connectivity index (χ4v) is 8.86. The minimum absolute atomic E-state index is 0.0549. The zero-order chi connectivity index (χ0) is 33.2. The molecule has 1 fully saturated rings. The van der Waals surface area contributed by atoms with Gasteiger partial charge in [-0.05, 0) is 38.1 Å². The number of carbonyl (C=O) groups is 1. The van der Waals surface area contributed by atoms with Gasteiger partial charge in [-0.25, -0.2) is 9.78 Å². The number of aromatic amines is 1. The highest BCUT2D eigenvalue weighted by atomic mass is 32.2. The van der Waals surface area contributed by atoms with Crippen LogP contribution in [0.1, 0.15) is 19.4 Å². The number of amides is 1. The summed E-state index contributed by atoms with van der Waals surface area (Å²) in [6, 6.07) is 3.81. The number of carbonyl (C=O) groups excluding carboxylic acids is 1. The second-order valence-electron chi connectivity index (χ2n) is 11.6. The molecule has 11 nitrogen and oxygen atoms in total. The van der Waals surface area contributed by atoms with Gasteiger partial charge in [-0.1, -0.05) is 6.58 Å². The highest BCUT2D eigenvalue weighted by Crippen LogP contribution is 2.51. The molecule has 3 N–H and O–H groups in total. The first-order valence-corrected chi connectivity index (χ1v) is 16.6. The standard InChI is InChI=1S/C31H29F3N8O3S2/c1-4-22(43)42-15(2)10-40(11-16(42)3)28-19-9-20(31(32,33)34)23(26-24-21(14-47-26)37-29(35)38-24)27-25(19)41(30(44)39-28)12-18(13-46-27)45-17-5-7-36-8-6-17/h4-9,14-16,18H,1,10-13H2,2-3H3,(H3,35,37,38)/t15-,16+,18?. The maximum Gasteiger partial charge on any atom is 0.417 e. The molecule has 244 valence electrons. The Labute approximate surface area is 274 Å². The molecule has 47 heavy (non-hydrogen) atoms. The van der Waals surface area contributed by atoms with Crippen molar-refractivity contribution in [3.05, 3.63) is 64.7 Å². The van der Waals surface area contributed by atoms with E-state index in [1.165, 1.54) is 22.4 Å². The molecule has 2 aliphatic heterocycles. The molecular weight excluding hydrogens is 654 g/mol. The molecule has 5 aromatic rings. The molecule has 16 heteroatoms. The van der Waals surface area contributed by atoms with Gasteiger partial charge in [-0.15, -0.1) is 23.1 Å². The molecule has 7 rings (SSSR count). The number of fused-ring (bicyclic) bond motifs is 1. The predicted molar refractivity (Wildman–Crippen MR) is 176 cm³/mol. The number of ether oxygens (including phenoxy) is 1. The van der Waals surface area contributed by atoms with Crippen LogP contribution in [-0.2, 0) is 17.5 Å². The lowest BCUT2D eigenvalue weighted by molar-refractivity contribution is -0.137. The number of rotatable bonds is 5. The van der Waals surface area contributed by atoms with Crippen molar-refractivity contribution in [1.82, 2.24) is 29.4 Å². The van der Waals surface area contributed by atoms with Crippen LogP contribution >= 0.6 is 23.1 Å². The number of nitrogens with two attached hydrogens (primary N) is 1. The van der Waals surface area contributed by atoms with E-state index in [1.54, 1.807) is 39.7 Å². The predicted octanol–water partition coefficient (Wildman–Crippen LogP) is 5.16. The Balaban J connectivity index is 1.48. The summed E-state index contributed by atoms with van der Waals surface area (Å²) in [7, 11) is 0. The van der Waals surface area contributed by atoms with Gasteiger partial charge in [0.2, 0.25) is 5.91 Å². The molecular formula is C31H29F3N8O3S2. The minimum Gasteiger partial charge on any atom is -0.488 e. The third-order valence-electron chi connectivity index (χ3n) is 8.39. The maximum atomic E-state index is 15.2. The number of piperazine rings is 1. The second kappa shape index (κ2) is 11.6. The average molecular weight is 683 g/mol. The zero-order valence-electron chi connectivity index (χ0n) is 25.2. The molecule has 2 aliphatic rings. The van der Waals surface area contributed by atoms with Crippen molar-refractivity contribution in [2.45, 2.75) is 49.7 Å². The number of pyridine rings is 1. The molecule has 1 amide bonds. The first kappa shape index (κ1) is 31.1. The fraction of sp³-hybridized carbons (Fsp3) is 0.323. The first-order chi connectivity index (χ1) is 22.4. The van der Waals surface area contributed by atoms with Gasteiger partial charge in [-0.2, -0.15) is 18.2 Å². The topological polar surface area (TPSA) is 135 Å². The maximum absolute atomic E-state index is 15.2. The number of benzene rings is 1. The molecule has 0 saturated carbocycles. The average Bonchev–Trinajstić information content (AvgIpc) is 3.51. The van der Waals surface area contributed by atoms with E-state index in [0.717, 1.165) is 17.4 Å². The van der Waals surface area contributed by atoms with Crippen molar-refractivity contribution in [2.75, 3.05) is 29.5 Å². The van der Waals surface area contributed by atoms with Crippen molar-refractivity contribution >= 4 is 62.7 Å². The van der Waals surface area contributed by atoms with Crippen molar-refractivity contribution in [2.24, 2.45) is 0 Å². The number of thioether (sulfide) groups is 1. The molecule has 0 aliphatic carbocycles. The molecule has 0 radical (unpaired) electrons. The Morgan fingerprint density at radius 1 is 1.17 bits per heavy atom. The number of nitrogens with one attached hydrogen (secondary N) is 1. The highest BCUT2D eigenvalue weighted by Gasteiger charge is 2.40. The highest BCUT2D eigenvalue weighted by molar-refractivity contribution is 7.99. The fourth-order valence-electron chi connectivity index (χ4n) is 6.56. The number of anilines is 2. The number of aromatic nitrogens is 5. The van der Waals surface area contributed by atoms with Crippen LogP contribution in [0.3, 0.4) is 0 Å². The third kappa shape index (κ3) is 5.38. The van der Waals surface area contributed by atoms with E-state index < -0.39 is 23.5 Å². The first-order valence-electron chi connectivity index (χ1n) is 14.8. The number of H-pyrrole nitrogens is 1. The molecule has 0 bridgehead atoms. The lowest BCUT2D eigenvalue weighted by atomic mass is 10.00. The molecule has 6 heterocycles. The van der Waals surface area contributed by atoms with E-state index in [0.29, 0.717) is 22.3 Å². The Kier molecular flexibility index (Phi) is 7.66. The van der Waals surface area contributed by atoms with Crippen LogP contribution in [-0.4, -0.2) is 72.3 Å². The molecule has 4 aromatic heterocycles. The summed E-state index contributed by atoms with van der Waals surface area (Å²) in [5, 5.41) is 1.87. The van der Waals surface area contributed by atoms with Gasteiger partial charge in [0.15, 0.2) is 5.95 Å². The van der Waals surface area contributed by atoms with Gasteiger partial charge in [0.1, 0.15) is 23.2 Å². The van der Waals surface area contributed by atoms with Crippen LogP contribution in [0.25, 0.3) is 32.4 Å². The lowest BCUT2D eigenvalue weighted by Gasteiger charge is -2.44. The lowest BCUT2D eigenvalue weighted by Crippen LogP contribution is -2.58. The van der Waals surface area contributed by atoms with Crippen LogP contribution < -0.4 is 21.1 Å². The van der Waals surface area contributed by atoms with Gasteiger partial charge < -0.3 is 25.3 Å². The third-order valence-corrected chi connectivity index (χ3v) is 10.6. The number of hydrogen-bond donors (Lipinski definition) is 2. The van der Waals surface area contributed by atoms with Crippen LogP contribution in [0.15, 0.2) is 58.3 Å². The number of nitrogens with zero attached hydrogens (tertiary/aromatic N) is 6. The van der Waals surface area contributed by atoms with E-state index in [1.807, 2.05) is 13.8 Å².